The van der Waals surface area contributed by atoms with Gasteiger partial charge in [-0.15, -0.1) is 0 Å². The number of imidazole rings is 1. The average molecular weight is 588 g/mol. The van der Waals surface area contributed by atoms with E-state index in [1.165, 1.54) is 12.5 Å². The first kappa shape index (κ1) is 31.0. The summed E-state index contributed by atoms with van der Waals surface area (Å²) in [5.41, 5.74) is 9.31. The molecule has 0 fully saturated rings. The number of carbonyl (C=O) groups excluding carboxylic acids is 3. The molecule has 12 heteroatoms. The third kappa shape index (κ3) is 8.29. The molecule has 4 aromatic rings. The van der Waals surface area contributed by atoms with Crippen molar-refractivity contribution in [3.63, 3.8) is 0 Å². The van der Waals surface area contributed by atoms with Crippen molar-refractivity contribution in [3.05, 3.63) is 90.1 Å². The Morgan fingerprint density at radius 1 is 0.837 bits per heavy atom. The highest BCUT2D eigenvalue weighted by atomic mass is 16.4. The van der Waals surface area contributed by atoms with E-state index in [4.69, 9.17) is 5.73 Å². The molecule has 2 aromatic carbocycles. The summed E-state index contributed by atoms with van der Waals surface area (Å²) < 4.78 is 0. The van der Waals surface area contributed by atoms with E-state index >= 15 is 0 Å². The summed E-state index contributed by atoms with van der Waals surface area (Å²) >= 11 is 0. The van der Waals surface area contributed by atoms with Gasteiger partial charge in [0.25, 0.3) is 0 Å². The lowest BCUT2D eigenvalue weighted by Gasteiger charge is -2.26. The summed E-state index contributed by atoms with van der Waals surface area (Å²) in [5, 5.41) is 18.5. The molecule has 0 radical (unpaired) electrons. The highest BCUT2D eigenvalue weighted by Crippen LogP contribution is 2.19. The van der Waals surface area contributed by atoms with Crippen LogP contribution in [0.2, 0.25) is 0 Å². The lowest BCUT2D eigenvalue weighted by molar-refractivity contribution is -0.143. The van der Waals surface area contributed by atoms with Crippen molar-refractivity contribution in [2.75, 3.05) is 0 Å². The van der Waals surface area contributed by atoms with E-state index in [-0.39, 0.29) is 19.3 Å². The van der Waals surface area contributed by atoms with Crippen molar-refractivity contribution in [2.45, 2.75) is 57.3 Å². The fraction of sp³-hybridized carbons (Fsp3) is 0.323. The van der Waals surface area contributed by atoms with Crippen LogP contribution in [0.25, 0.3) is 10.9 Å². The first-order chi connectivity index (χ1) is 20.6. The molecule has 8 N–H and O–H groups in total. The van der Waals surface area contributed by atoms with Gasteiger partial charge in [-0.3, -0.25) is 14.4 Å². The Hall–Kier alpha value is -4.97. The van der Waals surface area contributed by atoms with Gasteiger partial charge in [0, 0.05) is 41.8 Å². The van der Waals surface area contributed by atoms with Gasteiger partial charge in [0.15, 0.2) is 0 Å². The van der Waals surface area contributed by atoms with E-state index in [2.05, 4.69) is 30.9 Å². The van der Waals surface area contributed by atoms with Crippen molar-refractivity contribution in [1.29, 1.82) is 0 Å². The van der Waals surface area contributed by atoms with Gasteiger partial charge in [0.2, 0.25) is 17.7 Å². The quantitative estimate of drug-likeness (QED) is 0.116. The molecule has 0 saturated heterocycles. The van der Waals surface area contributed by atoms with Gasteiger partial charge >= 0.3 is 5.97 Å². The van der Waals surface area contributed by atoms with Crippen LogP contribution in [0.1, 0.15) is 30.7 Å². The monoisotopic (exact) mass is 587 g/mol. The number of rotatable bonds is 14. The summed E-state index contributed by atoms with van der Waals surface area (Å²) in [5.74, 6) is -3.41. The number of aromatic amines is 2. The topological polar surface area (TPSA) is 195 Å². The maximum absolute atomic E-state index is 13.8. The van der Waals surface area contributed by atoms with Gasteiger partial charge in [-0.2, -0.15) is 0 Å². The van der Waals surface area contributed by atoms with Crippen molar-refractivity contribution < 1.29 is 24.3 Å². The van der Waals surface area contributed by atoms with Gasteiger partial charge in [-0.1, -0.05) is 62.4 Å². The third-order valence-corrected chi connectivity index (χ3v) is 7.21. The predicted octanol–water partition coefficient (Wildman–Crippen LogP) is 1.44. The summed E-state index contributed by atoms with van der Waals surface area (Å²) in [6.45, 7) is 3.35. The largest absolute Gasteiger partial charge is 0.480 e. The van der Waals surface area contributed by atoms with Crippen molar-refractivity contribution in [1.82, 2.24) is 30.9 Å². The number of hydrogen-bond donors (Lipinski definition) is 7. The molecule has 0 saturated carbocycles. The second-order valence-corrected chi connectivity index (χ2v) is 10.8. The van der Waals surface area contributed by atoms with Gasteiger partial charge in [-0.05, 0) is 29.5 Å². The number of carboxylic acids is 1. The maximum Gasteiger partial charge on any atom is 0.326 e. The van der Waals surface area contributed by atoms with E-state index in [0.717, 1.165) is 22.0 Å². The highest BCUT2D eigenvalue weighted by Gasteiger charge is 2.32. The lowest BCUT2D eigenvalue weighted by Crippen LogP contribution is -2.58. The minimum Gasteiger partial charge on any atom is -0.480 e. The molecular weight excluding hydrogens is 550 g/mol. The molecule has 226 valence electrons. The van der Waals surface area contributed by atoms with Crippen LogP contribution < -0.4 is 21.7 Å². The third-order valence-electron chi connectivity index (χ3n) is 7.21. The first-order valence-electron chi connectivity index (χ1n) is 14.1. The number of fused-ring (bicyclic) bond motifs is 1. The highest BCUT2D eigenvalue weighted by molar-refractivity contribution is 5.95. The summed E-state index contributed by atoms with van der Waals surface area (Å²) in [6, 6.07) is 12.5. The minimum atomic E-state index is -1.19. The van der Waals surface area contributed by atoms with Gasteiger partial charge in [0.1, 0.15) is 18.1 Å². The van der Waals surface area contributed by atoms with Crippen LogP contribution in [0.4, 0.5) is 0 Å². The molecule has 4 atom stereocenters. The molecule has 3 amide bonds. The molecule has 0 aliphatic rings. The molecule has 43 heavy (non-hydrogen) atoms. The summed E-state index contributed by atoms with van der Waals surface area (Å²) in [4.78, 5) is 62.2. The number of nitrogens with one attached hydrogen (secondary N) is 5. The van der Waals surface area contributed by atoms with Crippen LogP contribution in [0.15, 0.2) is 73.3 Å². The SMILES string of the molecule is CC(C)C(NC(=O)C(Cc1cnc[nH]1)NC(=O)C(Cc1c[nH]c2ccccc12)NC(=O)C(N)Cc1ccccc1)C(=O)O. The minimum absolute atomic E-state index is 0.0171. The molecule has 4 unspecified atom stereocenters. The van der Waals surface area contributed by atoms with Crippen LogP contribution in [0.5, 0.6) is 0 Å². The number of para-hydroxylation sites is 1. The van der Waals surface area contributed by atoms with Crippen LogP contribution in [0.3, 0.4) is 0 Å². The van der Waals surface area contributed by atoms with Crippen molar-refractivity contribution in [3.8, 4) is 0 Å². The van der Waals surface area contributed by atoms with E-state index in [1.54, 1.807) is 20.0 Å². The van der Waals surface area contributed by atoms with Crippen LogP contribution in [-0.4, -0.2) is 67.9 Å². The normalized spacial score (nSPS) is 14.0. The molecule has 2 heterocycles. The van der Waals surface area contributed by atoms with E-state index in [1.807, 2.05) is 54.6 Å². The van der Waals surface area contributed by atoms with Crippen LogP contribution in [0, 0.1) is 5.92 Å². The number of carboxylic acid groups (broad SMARTS) is 1. The molecule has 2 aromatic heterocycles. The number of carbonyl (C=O) groups is 4. The molecule has 0 bridgehead atoms. The number of nitrogens with zero attached hydrogens (tertiary/aromatic N) is 1. The number of aliphatic carboxylic acids is 1. The smallest absolute Gasteiger partial charge is 0.326 e. The van der Waals surface area contributed by atoms with Crippen LogP contribution in [-0.2, 0) is 38.4 Å². The fourth-order valence-electron chi connectivity index (χ4n) is 4.83. The predicted molar refractivity (Wildman–Crippen MR) is 161 cm³/mol. The zero-order chi connectivity index (χ0) is 30.9. The average Bonchev–Trinajstić information content (AvgIpc) is 3.65. The summed E-state index contributed by atoms with van der Waals surface area (Å²) in [6.07, 6.45) is 5.12. The number of nitrogens with two attached hydrogens (primary N) is 1. The summed E-state index contributed by atoms with van der Waals surface area (Å²) in [7, 11) is 0. The zero-order valence-corrected chi connectivity index (χ0v) is 24.0. The zero-order valence-electron chi connectivity index (χ0n) is 24.0. The molecule has 12 nitrogen and oxygen atoms in total. The Balaban J connectivity index is 1.58. The number of hydrogen-bond acceptors (Lipinski definition) is 6. The van der Waals surface area contributed by atoms with Gasteiger partial charge < -0.3 is 36.8 Å². The Bertz CT molecular complexity index is 1530. The van der Waals surface area contributed by atoms with Crippen LogP contribution >= 0.6 is 0 Å². The number of aromatic nitrogens is 3. The van der Waals surface area contributed by atoms with E-state index < -0.39 is 53.8 Å². The Morgan fingerprint density at radius 2 is 1.49 bits per heavy atom. The Labute approximate surface area is 248 Å². The molecule has 0 aliphatic carbocycles. The maximum atomic E-state index is 13.8. The lowest BCUT2D eigenvalue weighted by atomic mass is 10.0. The second kappa shape index (κ2) is 14.3. The molecular formula is C31H37N7O5. The van der Waals surface area contributed by atoms with Gasteiger partial charge in [0.05, 0.1) is 12.4 Å². The van der Waals surface area contributed by atoms with Crippen molar-refractivity contribution in [2.24, 2.45) is 11.7 Å². The van der Waals surface area contributed by atoms with E-state index in [0.29, 0.717) is 5.69 Å². The molecule has 4 rings (SSSR count). The molecule has 0 aliphatic heterocycles. The van der Waals surface area contributed by atoms with Crippen molar-refractivity contribution >= 4 is 34.6 Å². The molecule has 0 spiro atoms. The van der Waals surface area contributed by atoms with Gasteiger partial charge in [-0.25, -0.2) is 9.78 Å². The Morgan fingerprint density at radius 3 is 2.16 bits per heavy atom. The van der Waals surface area contributed by atoms with E-state index in [9.17, 15) is 24.3 Å². The fourth-order valence-corrected chi connectivity index (χ4v) is 4.83. The second-order valence-electron chi connectivity index (χ2n) is 10.8. The Kier molecular flexibility index (Phi) is 10.3. The standard InChI is InChI=1S/C31H37N7O5/c1-18(2)27(31(42)43)38-30(41)26(14-21-16-33-17-35-21)37-29(40)25(13-20-15-34-24-11-7-6-10-22(20)24)36-28(39)23(32)12-19-8-4-3-5-9-19/h3-11,15-18,23,25-27,34H,12-14,32H2,1-2H3,(H,33,35)(H,36,39)(H,37,40)(H,38,41)(H,42,43). The number of benzene rings is 2. The number of amides is 3. The number of H-pyrrole nitrogens is 2. The first-order valence-corrected chi connectivity index (χ1v) is 14.1.